The lowest BCUT2D eigenvalue weighted by Crippen LogP contribution is -2.27. The molecule has 1 aromatic carbocycles. The van der Waals surface area contributed by atoms with Gasteiger partial charge in [0, 0.05) is 32.1 Å². The molecule has 0 spiro atoms. The van der Waals surface area contributed by atoms with Gasteiger partial charge < -0.3 is 5.32 Å². The largest absolute Gasteiger partial charge is 0.326 e. The molecule has 27 heavy (non-hydrogen) atoms. The van der Waals surface area contributed by atoms with Crippen molar-refractivity contribution in [3.63, 3.8) is 0 Å². The number of carbonyl (C=O) groups excluding carboxylic acids is 2. The average molecular weight is 409 g/mol. The van der Waals surface area contributed by atoms with Gasteiger partial charge in [0.25, 0.3) is 0 Å². The number of nitrogens with zero attached hydrogens (tertiary/aromatic N) is 1. The van der Waals surface area contributed by atoms with E-state index in [1.165, 1.54) is 27.8 Å². The number of thiophene rings is 1. The van der Waals surface area contributed by atoms with E-state index < -0.39 is 10.0 Å². The van der Waals surface area contributed by atoms with Gasteiger partial charge in [-0.3, -0.25) is 9.59 Å². The third-order valence-corrected chi connectivity index (χ3v) is 6.83. The molecule has 146 valence electrons. The first kappa shape index (κ1) is 21.3. The molecule has 0 radical (unpaired) electrons. The van der Waals surface area contributed by atoms with Crippen LogP contribution in [0.4, 0.5) is 5.69 Å². The van der Waals surface area contributed by atoms with Crippen LogP contribution >= 0.6 is 11.3 Å². The summed E-state index contributed by atoms with van der Waals surface area (Å²) in [6.07, 6.45) is 1.94. The third kappa shape index (κ3) is 5.98. The van der Waals surface area contributed by atoms with Crippen molar-refractivity contribution in [2.24, 2.45) is 0 Å². The van der Waals surface area contributed by atoms with Crippen LogP contribution in [0.1, 0.15) is 42.3 Å². The van der Waals surface area contributed by atoms with Crippen molar-refractivity contribution in [1.29, 1.82) is 0 Å². The van der Waals surface area contributed by atoms with Crippen molar-refractivity contribution in [1.82, 2.24) is 4.31 Å². The maximum atomic E-state index is 12.5. The van der Waals surface area contributed by atoms with Crippen LogP contribution in [0.15, 0.2) is 46.7 Å². The zero-order valence-corrected chi connectivity index (χ0v) is 17.1. The number of anilines is 1. The molecule has 1 heterocycles. The Balaban J connectivity index is 1.91. The SMILES string of the molecule is CCCCN(C)S(=O)(=O)c1ccc(NC(=O)CCC(=O)c2cccs2)cc1. The lowest BCUT2D eigenvalue weighted by molar-refractivity contribution is -0.116. The summed E-state index contributed by atoms with van der Waals surface area (Å²) in [5.41, 5.74) is 0.499. The van der Waals surface area contributed by atoms with Gasteiger partial charge in [0.05, 0.1) is 9.77 Å². The van der Waals surface area contributed by atoms with Crippen LogP contribution in [-0.2, 0) is 14.8 Å². The number of unbranched alkanes of at least 4 members (excludes halogenated alkanes) is 1. The molecule has 1 aromatic heterocycles. The van der Waals surface area contributed by atoms with E-state index in [2.05, 4.69) is 5.32 Å². The smallest absolute Gasteiger partial charge is 0.242 e. The van der Waals surface area contributed by atoms with E-state index in [0.29, 0.717) is 17.1 Å². The fourth-order valence-electron chi connectivity index (χ4n) is 2.40. The maximum Gasteiger partial charge on any atom is 0.242 e. The maximum absolute atomic E-state index is 12.5. The van der Waals surface area contributed by atoms with E-state index in [1.807, 2.05) is 12.3 Å². The Bertz CT molecular complexity index is 860. The molecule has 0 saturated carbocycles. The molecule has 1 amide bonds. The summed E-state index contributed by atoms with van der Waals surface area (Å²) in [7, 11) is -1.97. The minimum atomic E-state index is -3.53. The number of benzene rings is 1. The number of ketones is 1. The van der Waals surface area contributed by atoms with Gasteiger partial charge >= 0.3 is 0 Å². The van der Waals surface area contributed by atoms with Crippen molar-refractivity contribution < 1.29 is 18.0 Å². The van der Waals surface area contributed by atoms with E-state index in [-0.39, 0.29) is 29.4 Å². The summed E-state index contributed by atoms with van der Waals surface area (Å²) >= 11 is 1.36. The minimum Gasteiger partial charge on any atom is -0.326 e. The molecular formula is C19H24N2O4S2. The Morgan fingerprint density at radius 1 is 1.11 bits per heavy atom. The molecule has 0 bridgehead atoms. The molecule has 0 aliphatic carbocycles. The molecule has 1 N–H and O–H groups in total. The number of nitrogens with one attached hydrogen (secondary N) is 1. The average Bonchev–Trinajstić information content (AvgIpc) is 3.19. The van der Waals surface area contributed by atoms with E-state index in [1.54, 1.807) is 31.3 Å². The van der Waals surface area contributed by atoms with Crippen LogP contribution in [0, 0.1) is 0 Å². The Labute approximate surface area is 164 Å². The molecule has 0 aliphatic rings. The van der Waals surface area contributed by atoms with Crippen molar-refractivity contribution in [3.8, 4) is 0 Å². The lowest BCUT2D eigenvalue weighted by atomic mass is 10.2. The number of carbonyl (C=O) groups is 2. The van der Waals surface area contributed by atoms with E-state index >= 15 is 0 Å². The normalized spacial score (nSPS) is 11.5. The van der Waals surface area contributed by atoms with Crippen LogP contribution in [0.3, 0.4) is 0 Å². The number of sulfonamides is 1. The van der Waals surface area contributed by atoms with Crippen molar-refractivity contribution in [2.75, 3.05) is 18.9 Å². The fourth-order valence-corrected chi connectivity index (χ4v) is 4.31. The van der Waals surface area contributed by atoms with Crippen molar-refractivity contribution in [2.45, 2.75) is 37.5 Å². The second-order valence-electron chi connectivity index (χ2n) is 6.15. The lowest BCUT2D eigenvalue weighted by Gasteiger charge is -2.17. The minimum absolute atomic E-state index is 0.0586. The van der Waals surface area contributed by atoms with Crippen LogP contribution < -0.4 is 5.32 Å². The summed E-state index contributed by atoms with van der Waals surface area (Å²) in [5.74, 6) is -0.340. The van der Waals surface area contributed by atoms with Crippen LogP contribution in [0.5, 0.6) is 0 Å². The van der Waals surface area contributed by atoms with Crippen LogP contribution in [0.2, 0.25) is 0 Å². The predicted molar refractivity (Wildman–Crippen MR) is 108 cm³/mol. The predicted octanol–water partition coefficient (Wildman–Crippen LogP) is 3.77. The van der Waals surface area contributed by atoms with E-state index in [4.69, 9.17) is 0 Å². The number of rotatable bonds is 10. The first-order chi connectivity index (χ1) is 12.8. The Morgan fingerprint density at radius 2 is 1.81 bits per heavy atom. The van der Waals surface area contributed by atoms with Crippen LogP contribution in [0.25, 0.3) is 0 Å². The molecule has 2 aromatic rings. The molecule has 0 atom stereocenters. The third-order valence-electron chi connectivity index (χ3n) is 4.05. The molecule has 6 nitrogen and oxygen atoms in total. The standard InChI is InChI=1S/C19H24N2O4S2/c1-3-4-13-21(2)27(24,25)16-9-7-15(8-10-16)20-19(23)12-11-17(22)18-6-5-14-26-18/h5-10,14H,3-4,11-13H2,1-2H3,(H,20,23). The zero-order valence-electron chi connectivity index (χ0n) is 15.5. The van der Waals surface area contributed by atoms with Gasteiger partial charge in [-0.2, -0.15) is 0 Å². The topological polar surface area (TPSA) is 83.6 Å². The monoisotopic (exact) mass is 408 g/mol. The second kappa shape index (κ2) is 9.77. The molecule has 0 fully saturated rings. The second-order valence-corrected chi connectivity index (χ2v) is 9.15. The number of hydrogen-bond acceptors (Lipinski definition) is 5. The van der Waals surface area contributed by atoms with E-state index in [9.17, 15) is 18.0 Å². The van der Waals surface area contributed by atoms with E-state index in [0.717, 1.165) is 12.8 Å². The summed E-state index contributed by atoms with van der Waals surface area (Å²) in [4.78, 5) is 24.8. The van der Waals surface area contributed by atoms with Gasteiger partial charge in [-0.25, -0.2) is 12.7 Å². The number of Topliss-reactive ketones (excluding diaryl/α,β-unsaturated/α-hetero) is 1. The highest BCUT2D eigenvalue weighted by Crippen LogP contribution is 2.18. The molecule has 8 heteroatoms. The van der Waals surface area contributed by atoms with Gasteiger partial charge in [0.1, 0.15) is 0 Å². The fraction of sp³-hybridized carbons (Fsp3) is 0.368. The Kier molecular flexibility index (Phi) is 7.70. The highest BCUT2D eigenvalue weighted by Gasteiger charge is 2.20. The molecule has 2 rings (SSSR count). The number of amides is 1. The quantitative estimate of drug-likeness (QED) is 0.607. The van der Waals surface area contributed by atoms with Crippen molar-refractivity contribution in [3.05, 3.63) is 46.7 Å². The van der Waals surface area contributed by atoms with Gasteiger partial charge in [-0.1, -0.05) is 19.4 Å². The Morgan fingerprint density at radius 3 is 2.41 bits per heavy atom. The van der Waals surface area contributed by atoms with Gasteiger partial charge in [0.2, 0.25) is 15.9 Å². The Hall–Kier alpha value is -2.03. The first-order valence-electron chi connectivity index (χ1n) is 8.77. The van der Waals surface area contributed by atoms with Gasteiger partial charge in [-0.15, -0.1) is 11.3 Å². The molecule has 0 aliphatic heterocycles. The summed E-state index contributed by atoms with van der Waals surface area (Å²) in [6, 6.07) is 9.60. The summed E-state index contributed by atoms with van der Waals surface area (Å²) in [5, 5.41) is 4.51. The van der Waals surface area contributed by atoms with Crippen molar-refractivity contribution >= 4 is 38.7 Å². The highest BCUT2D eigenvalue weighted by molar-refractivity contribution is 7.89. The highest BCUT2D eigenvalue weighted by atomic mass is 32.2. The van der Waals surface area contributed by atoms with Gasteiger partial charge in [0.15, 0.2) is 5.78 Å². The number of hydrogen-bond donors (Lipinski definition) is 1. The summed E-state index contributed by atoms with van der Waals surface area (Å²) < 4.78 is 26.3. The molecule has 0 unspecified atom stereocenters. The first-order valence-corrected chi connectivity index (χ1v) is 11.1. The molecule has 0 saturated heterocycles. The zero-order chi connectivity index (χ0) is 19.9. The molecular weight excluding hydrogens is 384 g/mol. The summed E-state index contributed by atoms with van der Waals surface area (Å²) in [6.45, 7) is 2.47. The van der Waals surface area contributed by atoms with Gasteiger partial charge in [-0.05, 0) is 42.1 Å². The van der Waals surface area contributed by atoms with Crippen LogP contribution in [-0.4, -0.2) is 38.0 Å².